The second-order valence-electron chi connectivity index (χ2n) is 14.7. The third-order valence-corrected chi connectivity index (χ3v) is 10.7. The number of hydrogen-bond acceptors (Lipinski definition) is 9. The van der Waals surface area contributed by atoms with Crippen molar-refractivity contribution in [1.29, 1.82) is 0 Å². The summed E-state index contributed by atoms with van der Waals surface area (Å²) >= 11 is 0. The maximum Gasteiger partial charge on any atom is 0.282 e. The van der Waals surface area contributed by atoms with Crippen LogP contribution in [-0.2, 0) is 27.2 Å². The summed E-state index contributed by atoms with van der Waals surface area (Å²) in [7, 11) is 0. The molecule has 3 atom stereocenters. The fourth-order valence-electron chi connectivity index (χ4n) is 7.29. The topological polar surface area (TPSA) is 125 Å². The van der Waals surface area contributed by atoms with Crippen LogP contribution >= 0.6 is 0 Å². The normalized spacial score (nSPS) is 22.5. The summed E-state index contributed by atoms with van der Waals surface area (Å²) in [6.07, 6.45) is 5.74. The highest BCUT2D eigenvalue weighted by Crippen LogP contribution is 2.39. The molecule has 1 fully saturated rings. The number of nitrogens with zero attached hydrogens (tertiary/aromatic N) is 5. The third-order valence-electron chi connectivity index (χ3n) is 10.7. The second-order valence-corrected chi connectivity index (χ2v) is 14.7. The Hall–Kier alpha value is -3.90. The molecule has 2 aliphatic rings. The zero-order chi connectivity index (χ0) is 36.3. The van der Waals surface area contributed by atoms with Crippen LogP contribution in [0, 0.1) is 6.92 Å². The molecule has 2 N–H and O–H groups in total. The van der Waals surface area contributed by atoms with Crippen LogP contribution in [0.3, 0.4) is 0 Å². The van der Waals surface area contributed by atoms with Crippen LogP contribution in [0.25, 0.3) is 16.9 Å². The molecule has 2 aromatic heterocycles. The average Bonchev–Trinajstić information content (AvgIpc) is 3.76. The number of aliphatic hydroxyl groups is 1. The SMILES string of the molecule is CCCOC1N=C(c2ccccc2-c2ccc(Cc3c(CCC)n4nc(C)nc4n(C4CCC(C)(OC(C)C(C)(O)CC)CC4)c3=O)cc2)NO1. The summed E-state index contributed by atoms with van der Waals surface area (Å²) in [5.41, 5.74) is 7.39. The van der Waals surface area contributed by atoms with Gasteiger partial charge < -0.3 is 14.6 Å². The van der Waals surface area contributed by atoms with Gasteiger partial charge in [0.1, 0.15) is 5.82 Å². The van der Waals surface area contributed by atoms with E-state index in [9.17, 15) is 9.90 Å². The minimum atomic E-state index is -0.891. The molecule has 1 aliphatic carbocycles. The molecule has 51 heavy (non-hydrogen) atoms. The highest BCUT2D eigenvalue weighted by Gasteiger charge is 2.39. The molecule has 0 spiro atoms. The van der Waals surface area contributed by atoms with E-state index in [0.29, 0.717) is 36.9 Å². The second kappa shape index (κ2) is 15.4. The number of ether oxygens (including phenoxy) is 2. The first-order chi connectivity index (χ1) is 24.5. The predicted octanol–water partition coefficient (Wildman–Crippen LogP) is 6.84. The van der Waals surface area contributed by atoms with Crippen molar-refractivity contribution in [2.24, 2.45) is 4.99 Å². The molecule has 1 saturated carbocycles. The van der Waals surface area contributed by atoms with E-state index < -0.39 is 12.0 Å². The summed E-state index contributed by atoms with van der Waals surface area (Å²) in [4.78, 5) is 29.6. The number of rotatable bonds is 14. The minimum absolute atomic E-state index is 0.00902. The van der Waals surface area contributed by atoms with Gasteiger partial charge >= 0.3 is 0 Å². The Morgan fingerprint density at radius 1 is 1.08 bits per heavy atom. The van der Waals surface area contributed by atoms with Crippen molar-refractivity contribution < 1.29 is 19.4 Å². The maximum atomic E-state index is 14.6. The molecule has 3 unspecified atom stereocenters. The van der Waals surface area contributed by atoms with Gasteiger partial charge in [-0.2, -0.15) is 10.1 Å². The lowest BCUT2D eigenvalue weighted by Gasteiger charge is -2.42. The van der Waals surface area contributed by atoms with Crippen molar-refractivity contribution in [2.45, 2.75) is 136 Å². The van der Waals surface area contributed by atoms with E-state index >= 15 is 0 Å². The third kappa shape index (κ3) is 7.82. The van der Waals surface area contributed by atoms with Gasteiger partial charge in [0.15, 0.2) is 5.84 Å². The van der Waals surface area contributed by atoms with Crippen LogP contribution in [0.5, 0.6) is 0 Å². The number of hydrogen-bond donors (Lipinski definition) is 2. The Labute approximate surface area is 301 Å². The molecule has 274 valence electrons. The zero-order valence-corrected chi connectivity index (χ0v) is 31.2. The van der Waals surface area contributed by atoms with Crippen molar-refractivity contribution in [1.82, 2.24) is 24.6 Å². The molecule has 6 rings (SSSR count). The first-order valence-electron chi connectivity index (χ1n) is 18.7. The molecule has 2 aromatic carbocycles. The lowest BCUT2D eigenvalue weighted by Crippen LogP contribution is -2.46. The van der Waals surface area contributed by atoms with Gasteiger partial charge in [-0.1, -0.05) is 75.7 Å². The Balaban J connectivity index is 1.29. The molecule has 0 radical (unpaired) electrons. The molecular formula is C40H54N6O5. The molecule has 3 heterocycles. The predicted molar refractivity (Wildman–Crippen MR) is 199 cm³/mol. The smallest absolute Gasteiger partial charge is 0.282 e. The summed E-state index contributed by atoms with van der Waals surface area (Å²) in [6, 6.07) is 16.5. The first-order valence-corrected chi connectivity index (χ1v) is 18.7. The van der Waals surface area contributed by atoms with Crippen LogP contribution in [0.1, 0.15) is 121 Å². The summed E-state index contributed by atoms with van der Waals surface area (Å²) in [5, 5.41) is 15.6. The van der Waals surface area contributed by atoms with Gasteiger partial charge in [-0.15, -0.1) is 0 Å². The van der Waals surface area contributed by atoms with Gasteiger partial charge in [0, 0.05) is 23.6 Å². The van der Waals surface area contributed by atoms with E-state index in [4.69, 9.17) is 24.4 Å². The molecule has 11 heteroatoms. The van der Waals surface area contributed by atoms with Crippen molar-refractivity contribution in [3.05, 3.63) is 87.1 Å². The van der Waals surface area contributed by atoms with Crippen LogP contribution in [0.15, 0.2) is 58.3 Å². The van der Waals surface area contributed by atoms with Gasteiger partial charge in [-0.25, -0.2) is 19.8 Å². The summed E-state index contributed by atoms with van der Waals surface area (Å²) in [5.74, 6) is 1.90. The lowest BCUT2D eigenvalue weighted by atomic mass is 9.82. The molecule has 4 aromatic rings. The molecule has 0 saturated heterocycles. The fraction of sp³-hybridized carbons (Fsp3) is 0.550. The van der Waals surface area contributed by atoms with E-state index in [0.717, 1.165) is 78.5 Å². The number of aryl methyl sites for hydroxylation is 2. The Kier molecular flexibility index (Phi) is 11.1. The summed E-state index contributed by atoms with van der Waals surface area (Å²) < 4.78 is 16.0. The molecule has 0 amide bonds. The van der Waals surface area contributed by atoms with Gasteiger partial charge in [0.05, 0.1) is 29.6 Å². The number of aliphatic imine (C=N–C) groups is 1. The monoisotopic (exact) mass is 698 g/mol. The first kappa shape index (κ1) is 36.9. The minimum Gasteiger partial charge on any atom is -0.387 e. The van der Waals surface area contributed by atoms with E-state index in [1.807, 2.05) is 61.9 Å². The number of aromatic nitrogens is 4. The van der Waals surface area contributed by atoms with Crippen LogP contribution < -0.4 is 11.0 Å². The van der Waals surface area contributed by atoms with Crippen LogP contribution in [0.2, 0.25) is 0 Å². The molecular weight excluding hydrogens is 644 g/mol. The Morgan fingerprint density at radius 2 is 1.78 bits per heavy atom. The van der Waals surface area contributed by atoms with Crippen molar-refractivity contribution in [3.8, 4) is 11.1 Å². The average molecular weight is 699 g/mol. The maximum absolute atomic E-state index is 14.6. The van der Waals surface area contributed by atoms with Gasteiger partial charge in [-0.05, 0) is 89.3 Å². The number of fused-ring (bicyclic) bond motifs is 1. The van der Waals surface area contributed by atoms with Crippen LogP contribution in [-0.4, -0.2) is 60.4 Å². The quantitative estimate of drug-likeness (QED) is 0.147. The number of amidine groups is 1. The van der Waals surface area contributed by atoms with E-state index in [1.165, 1.54) is 0 Å². The van der Waals surface area contributed by atoms with Gasteiger partial charge in [0.2, 0.25) is 5.78 Å². The zero-order valence-electron chi connectivity index (χ0n) is 31.2. The van der Waals surface area contributed by atoms with Crippen molar-refractivity contribution in [3.63, 3.8) is 0 Å². The summed E-state index contributed by atoms with van der Waals surface area (Å²) in [6.45, 7) is 14.5. The Morgan fingerprint density at radius 3 is 2.45 bits per heavy atom. The molecule has 11 nitrogen and oxygen atoms in total. The highest BCUT2D eigenvalue weighted by atomic mass is 16.8. The fourth-order valence-corrected chi connectivity index (χ4v) is 7.29. The number of hydroxylamine groups is 1. The lowest BCUT2D eigenvalue weighted by molar-refractivity contribution is -0.169. The van der Waals surface area contributed by atoms with Crippen LogP contribution in [0.4, 0.5) is 0 Å². The Bertz CT molecular complexity index is 1900. The standard InChI is InChI=1S/C40H54N6O5/c1-8-13-34-33(25-28-16-18-29(19-17-28)31-14-11-12-15-32(31)35-42-38(51-44-35)49-24-9-2)36(47)45(37-41-27(5)43-46(34)37)30-20-22-39(6,23-21-30)50-26(4)40(7,48)10-3/h11-12,14-19,26,30,38,48H,8-10,13,20-25H2,1-7H3,(H,42,44). The highest BCUT2D eigenvalue weighted by molar-refractivity contribution is 6.04. The van der Waals surface area contributed by atoms with Crippen molar-refractivity contribution in [2.75, 3.05) is 6.61 Å². The number of nitrogens with one attached hydrogen (secondary N) is 1. The molecule has 0 bridgehead atoms. The van der Waals surface area contributed by atoms with Crippen molar-refractivity contribution >= 4 is 11.6 Å². The van der Waals surface area contributed by atoms with Gasteiger partial charge in [0.25, 0.3) is 12.0 Å². The largest absolute Gasteiger partial charge is 0.387 e. The number of benzene rings is 2. The molecule has 1 aliphatic heterocycles. The van der Waals surface area contributed by atoms with Gasteiger partial charge in [-0.3, -0.25) is 9.36 Å². The van der Waals surface area contributed by atoms with E-state index in [1.54, 1.807) is 0 Å². The van der Waals surface area contributed by atoms with E-state index in [-0.39, 0.29) is 23.3 Å². The van der Waals surface area contributed by atoms with E-state index in [2.05, 4.69) is 54.7 Å².